The van der Waals surface area contributed by atoms with Crippen LogP contribution < -0.4 is 10.4 Å². The zero-order valence-electron chi connectivity index (χ0n) is 18.5. The molecule has 1 aliphatic heterocycles. The number of hydrogen-bond acceptors (Lipinski definition) is 1. The first-order chi connectivity index (χ1) is 13.8. The summed E-state index contributed by atoms with van der Waals surface area (Å²) in [7, 11) is 3.18. The highest BCUT2D eigenvalue weighted by Gasteiger charge is 2.27. The Labute approximate surface area is 176 Å². The van der Waals surface area contributed by atoms with Crippen molar-refractivity contribution in [3.63, 3.8) is 0 Å². The minimum Gasteiger partial charge on any atom is -0.311 e. The van der Waals surface area contributed by atoms with Crippen LogP contribution in [0.15, 0.2) is 83.4 Å². The molecule has 0 N–H and O–H groups in total. The highest BCUT2D eigenvalue weighted by Crippen LogP contribution is 2.39. The molecule has 0 saturated carbocycles. The van der Waals surface area contributed by atoms with Crippen LogP contribution in [0, 0.1) is 0 Å². The van der Waals surface area contributed by atoms with Crippen molar-refractivity contribution in [2.24, 2.45) is 0 Å². The molecule has 0 aliphatic carbocycles. The third-order valence-corrected chi connectivity index (χ3v) is 5.75. The first kappa shape index (κ1) is 19.6. The summed E-state index contributed by atoms with van der Waals surface area (Å²) in [6.07, 6.45) is 2.33. The van der Waals surface area contributed by atoms with Crippen molar-refractivity contribution in [1.82, 2.24) is 0 Å². The van der Waals surface area contributed by atoms with E-state index in [1.165, 1.54) is 49.8 Å². The van der Waals surface area contributed by atoms with Gasteiger partial charge in [0, 0.05) is 16.8 Å². The van der Waals surface area contributed by atoms with Crippen molar-refractivity contribution < 1.29 is 0 Å². The molecule has 0 fully saturated rings. The van der Waals surface area contributed by atoms with Gasteiger partial charge in [-0.25, -0.2) is 0 Å². The lowest BCUT2D eigenvalue weighted by Crippen LogP contribution is -2.34. The molecular formula is C26H29B2N. The molecule has 3 heteroatoms. The molecule has 3 aromatic carbocycles. The van der Waals surface area contributed by atoms with Gasteiger partial charge >= 0.3 is 0 Å². The standard InChI is InChI=1S/C26H29B2N/c1-17(27)15-25-18(2)28-22-16-20(26(3,4)5)13-14-24(22)29(25)23-12-8-10-19-9-6-7-11-21(19)23/h6-16,28H,27H2,1-5H3/b17-15+. The highest BCUT2D eigenvalue weighted by molar-refractivity contribution is 6.64. The van der Waals surface area contributed by atoms with Gasteiger partial charge in [-0.05, 0) is 41.5 Å². The summed E-state index contributed by atoms with van der Waals surface area (Å²) in [6, 6.07) is 22.3. The van der Waals surface area contributed by atoms with Gasteiger partial charge in [-0.2, -0.15) is 0 Å². The van der Waals surface area contributed by atoms with Crippen molar-refractivity contribution in [3.8, 4) is 0 Å². The molecule has 0 unspecified atom stereocenters. The zero-order chi connectivity index (χ0) is 20.8. The molecule has 0 saturated heterocycles. The van der Waals surface area contributed by atoms with Gasteiger partial charge in [-0.3, -0.25) is 0 Å². The lowest BCUT2D eigenvalue weighted by molar-refractivity contribution is 0.591. The molecule has 4 rings (SSSR count). The van der Waals surface area contributed by atoms with E-state index in [2.05, 4.69) is 114 Å². The van der Waals surface area contributed by atoms with Gasteiger partial charge in [-0.1, -0.05) is 87.2 Å². The van der Waals surface area contributed by atoms with Crippen LogP contribution in [0.1, 0.15) is 40.2 Å². The smallest absolute Gasteiger partial charge is 0.192 e. The molecule has 1 aliphatic rings. The van der Waals surface area contributed by atoms with E-state index in [4.69, 9.17) is 0 Å². The number of nitrogens with zero attached hydrogens (tertiary/aromatic N) is 1. The molecule has 1 nitrogen and oxygen atoms in total. The van der Waals surface area contributed by atoms with Crippen LogP contribution in [-0.4, -0.2) is 15.1 Å². The topological polar surface area (TPSA) is 3.24 Å². The second-order valence-electron chi connectivity index (χ2n) is 9.49. The lowest BCUT2D eigenvalue weighted by atomic mass is 9.59. The lowest BCUT2D eigenvalue weighted by Gasteiger charge is -2.36. The maximum atomic E-state index is 2.47. The summed E-state index contributed by atoms with van der Waals surface area (Å²) < 4.78 is 0. The molecular weight excluding hydrogens is 348 g/mol. The molecule has 0 aromatic heterocycles. The molecule has 29 heavy (non-hydrogen) atoms. The summed E-state index contributed by atoms with van der Waals surface area (Å²) in [4.78, 5) is 2.47. The van der Waals surface area contributed by atoms with E-state index in [1.54, 1.807) is 0 Å². The Morgan fingerprint density at radius 1 is 0.966 bits per heavy atom. The normalized spacial score (nSPS) is 14.8. The van der Waals surface area contributed by atoms with Crippen LogP contribution in [0.25, 0.3) is 10.8 Å². The average molecular weight is 377 g/mol. The van der Waals surface area contributed by atoms with Gasteiger partial charge in [0.05, 0.1) is 5.69 Å². The number of anilines is 2. The van der Waals surface area contributed by atoms with Crippen LogP contribution >= 0.6 is 0 Å². The summed E-state index contributed by atoms with van der Waals surface area (Å²) >= 11 is 0. The fourth-order valence-corrected chi connectivity index (χ4v) is 4.23. The van der Waals surface area contributed by atoms with Crippen molar-refractivity contribution >= 4 is 42.7 Å². The van der Waals surface area contributed by atoms with Crippen LogP contribution in [0.2, 0.25) is 0 Å². The number of benzene rings is 3. The molecule has 0 spiro atoms. The Morgan fingerprint density at radius 3 is 2.41 bits per heavy atom. The van der Waals surface area contributed by atoms with Crippen LogP contribution in [-0.2, 0) is 5.41 Å². The molecule has 3 aromatic rings. The molecule has 0 amide bonds. The van der Waals surface area contributed by atoms with Crippen molar-refractivity contribution in [2.75, 3.05) is 4.90 Å². The third kappa shape index (κ3) is 3.67. The summed E-state index contributed by atoms with van der Waals surface area (Å²) in [6.45, 7) is 11.3. The van der Waals surface area contributed by atoms with Gasteiger partial charge in [0.15, 0.2) is 7.28 Å². The predicted molar refractivity (Wildman–Crippen MR) is 133 cm³/mol. The van der Waals surface area contributed by atoms with Crippen molar-refractivity contribution in [2.45, 2.75) is 40.0 Å². The van der Waals surface area contributed by atoms with E-state index in [1.807, 2.05) is 0 Å². The molecule has 1 heterocycles. The van der Waals surface area contributed by atoms with E-state index < -0.39 is 0 Å². The van der Waals surface area contributed by atoms with E-state index in [9.17, 15) is 0 Å². The van der Waals surface area contributed by atoms with E-state index in [0.717, 1.165) is 7.28 Å². The second-order valence-corrected chi connectivity index (χ2v) is 9.49. The maximum absolute atomic E-state index is 2.47. The van der Waals surface area contributed by atoms with Crippen molar-refractivity contribution in [3.05, 3.63) is 88.9 Å². The number of hydrogen-bond donors (Lipinski definition) is 0. The Balaban J connectivity index is 2.00. The van der Waals surface area contributed by atoms with E-state index in [0.29, 0.717) is 0 Å². The van der Waals surface area contributed by atoms with E-state index in [-0.39, 0.29) is 5.41 Å². The zero-order valence-corrected chi connectivity index (χ0v) is 18.5. The molecule has 0 bridgehead atoms. The van der Waals surface area contributed by atoms with Crippen molar-refractivity contribution in [1.29, 1.82) is 0 Å². The molecule has 144 valence electrons. The highest BCUT2D eigenvalue weighted by atomic mass is 15.2. The van der Waals surface area contributed by atoms with Crippen LogP contribution in [0.5, 0.6) is 0 Å². The summed E-state index contributed by atoms with van der Waals surface area (Å²) in [5, 5.41) is 2.56. The number of rotatable bonds is 2. The molecule has 0 atom stereocenters. The Bertz CT molecular complexity index is 1140. The van der Waals surface area contributed by atoms with Gasteiger partial charge in [0.1, 0.15) is 7.85 Å². The number of allylic oxidation sites excluding steroid dienone is 3. The quantitative estimate of drug-likeness (QED) is 0.561. The third-order valence-electron chi connectivity index (χ3n) is 5.75. The summed E-state index contributed by atoms with van der Waals surface area (Å²) in [5.41, 5.74) is 9.54. The summed E-state index contributed by atoms with van der Waals surface area (Å²) in [5.74, 6) is 0. The first-order valence-corrected chi connectivity index (χ1v) is 10.5. The van der Waals surface area contributed by atoms with Crippen LogP contribution in [0.4, 0.5) is 11.4 Å². The average Bonchev–Trinajstić information content (AvgIpc) is 2.67. The first-order valence-electron chi connectivity index (χ1n) is 10.5. The fraction of sp³-hybridized carbons (Fsp3) is 0.231. The Kier molecular flexibility index (Phi) is 4.94. The van der Waals surface area contributed by atoms with Crippen LogP contribution in [0.3, 0.4) is 0 Å². The van der Waals surface area contributed by atoms with Gasteiger partial charge in [-0.15, -0.1) is 5.47 Å². The largest absolute Gasteiger partial charge is 0.311 e. The molecule has 0 radical (unpaired) electrons. The van der Waals surface area contributed by atoms with Gasteiger partial charge in [0.2, 0.25) is 0 Å². The number of fused-ring (bicyclic) bond motifs is 2. The van der Waals surface area contributed by atoms with Gasteiger partial charge < -0.3 is 4.90 Å². The fourth-order valence-electron chi connectivity index (χ4n) is 4.23. The Hall–Kier alpha value is -2.67. The van der Waals surface area contributed by atoms with Gasteiger partial charge in [0.25, 0.3) is 0 Å². The SMILES string of the molecule is B/C(C)=C/C1=C(C)Bc2cc(C(C)(C)C)ccc2N1c1cccc2ccccc12. The van der Waals surface area contributed by atoms with E-state index >= 15 is 0 Å². The minimum atomic E-state index is 0.150. The Morgan fingerprint density at radius 2 is 1.69 bits per heavy atom. The maximum Gasteiger partial charge on any atom is 0.192 e. The minimum absolute atomic E-state index is 0.150. The predicted octanol–water partition coefficient (Wildman–Crippen LogP) is 5.12. The monoisotopic (exact) mass is 377 g/mol. The second kappa shape index (κ2) is 7.30.